The minimum absolute atomic E-state index is 0.319. The van der Waals surface area contributed by atoms with E-state index in [4.69, 9.17) is 10.3 Å². The molecule has 0 aliphatic carbocycles. The van der Waals surface area contributed by atoms with Crippen molar-refractivity contribution in [3.8, 4) is 0 Å². The van der Waals surface area contributed by atoms with Crippen LogP contribution in [0.15, 0.2) is 17.0 Å². The van der Waals surface area contributed by atoms with Gasteiger partial charge in [0.2, 0.25) is 0 Å². The molecule has 1 aromatic carbocycles. The molecule has 3 N–H and O–H groups in total. The van der Waals surface area contributed by atoms with E-state index in [0.717, 1.165) is 0 Å². The Balaban J connectivity index is 3.50. The average molecular weight is 209 g/mol. The molecule has 13 heavy (non-hydrogen) atoms. The van der Waals surface area contributed by atoms with E-state index in [1.807, 2.05) is 0 Å². The topological polar surface area (TPSA) is 80.4 Å². The summed E-state index contributed by atoms with van der Waals surface area (Å²) in [4.78, 5) is -0.841. The Morgan fingerprint density at radius 1 is 1.23 bits per heavy atom. The smallest absolute Gasteiger partial charge is 0.296 e. The van der Waals surface area contributed by atoms with Gasteiger partial charge in [0.15, 0.2) is 11.6 Å². The fraction of sp³-hybridized carbons (Fsp3) is 0. The van der Waals surface area contributed by atoms with Crippen molar-refractivity contribution in [3.05, 3.63) is 23.8 Å². The monoisotopic (exact) mass is 209 g/mol. The van der Waals surface area contributed by atoms with Crippen LogP contribution in [-0.2, 0) is 10.1 Å². The lowest BCUT2D eigenvalue weighted by molar-refractivity contribution is 0.478. The third-order valence-electron chi connectivity index (χ3n) is 1.33. The fourth-order valence-electron chi connectivity index (χ4n) is 0.767. The second-order valence-corrected chi connectivity index (χ2v) is 3.67. The number of rotatable bonds is 1. The number of halogens is 2. The molecule has 0 spiro atoms. The summed E-state index contributed by atoms with van der Waals surface area (Å²) in [6, 6.07) is 0.804. The van der Waals surface area contributed by atoms with Crippen molar-refractivity contribution in [3.63, 3.8) is 0 Å². The van der Waals surface area contributed by atoms with Crippen LogP contribution in [0.1, 0.15) is 0 Å². The molecular weight excluding hydrogens is 204 g/mol. The van der Waals surface area contributed by atoms with Crippen molar-refractivity contribution in [1.29, 1.82) is 0 Å². The van der Waals surface area contributed by atoms with Gasteiger partial charge in [-0.2, -0.15) is 8.42 Å². The van der Waals surface area contributed by atoms with Gasteiger partial charge in [0.1, 0.15) is 4.90 Å². The van der Waals surface area contributed by atoms with Crippen LogP contribution in [0, 0.1) is 11.6 Å². The van der Waals surface area contributed by atoms with E-state index >= 15 is 0 Å². The Bertz CT molecular complexity index is 443. The van der Waals surface area contributed by atoms with Gasteiger partial charge in [-0.1, -0.05) is 0 Å². The minimum Gasteiger partial charge on any atom is -0.398 e. The molecule has 0 aliphatic rings. The second-order valence-electron chi connectivity index (χ2n) is 2.28. The van der Waals surface area contributed by atoms with Gasteiger partial charge in [-0.15, -0.1) is 0 Å². The lowest BCUT2D eigenvalue weighted by Gasteiger charge is -2.02. The first-order valence-corrected chi connectivity index (χ1v) is 4.48. The lowest BCUT2D eigenvalue weighted by atomic mass is 10.3. The van der Waals surface area contributed by atoms with E-state index in [1.54, 1.807) is 0 Å². The molecule has 0 saturated heterocycles. The molecule has 0 atom stereocenters. The van der Waals surface area contributed by atoms with Crippen LogP contribution in [-0.4, -0.2) is 13.0 Å². The van der Waals surface area contributed by atoms with Gasteiger partial charge in [-0.05, 0) is 0 Å². The molecule has 0 bridgehead atoms. The number of hydrogen-bond acceptors (Lipinski definition) is 3. The maximum absolute atomic E-state index is 12.5. The predicted octanol–water partition coefficient (Wildman–Crippen LogP) is 0.794. The van der Waals surface area contributed by atoms with Crippen molar-refractivity contribution in [2.24, 2.45) is 0 Å². The van der Waals surface area contributed by atoms with Crippen molar-refractivity contribution in [2.45, 2.75) is 4.90 Å². The number of anilines is 1. The molecule has 0 aliphatic heterocycles. The van der Waals surface area contributed by atoms with Gasteiger partial charge in [-0.3, -0.25) is 4.55 Å². The molecule has 7 heteroatoms. The number of hydrogen-bond donors (Lipinski definition) is 2. The van der Waals surface area contributed by atoms with Gasteiger partial charge in [0, 0.05) is 12.1 Å². The molecule has 0 unspecified atom stereocenters. The third-order valence-corrected chi connectivity index (χ3v) is 2.24. The largest absolute Gasteiger partial charge is 0.398 e. The molecule has 1 aromatic rings. The predicted molar refractivity (Wildman–Crippen MR) is 40.6 cm³/mol. The summed E-state index contributed by atoms with van der Waals surface area (Å²) in [5.74, 6) is -2.66. The molecule has 1 rings (SSSR count). The van der Waals surface area contributed by atoms with E-state index in [-0.39, 0.29) is 0 Å². The van der Waals surface area contributed by atoms with Crippen molar-refractivity contribution >= 4 is 15.8 Å². The molecule has 0 fully saturated rings. The average Bonchev–Trinajstić information content (AvgIpc) is 1.94. The zero-order chi connectivity index (χ0) is 10.2. The molecule has 72 valence electrons. The molecule has 0 saturated carbocycles. The van der Waals surface area contributed by atoms with Crippen LogP contribution in [0.25, 0.3) is 0 Å². The summed E-state index contributed by atoms with van der Waals surface area (Å²) in [5, 5.41) is 0. The second kappa shape index (κ2) is 2.93. The third kappa shape index (κ3) is 1.93. The Kier molecular flexibility index (Phi) is 2.22. The Morgan fingerprint density at radius 3 is 2.15 bits per heavy atom. The van der Waals surface area contributed by atoms with Gasteiger partial charge in [-0.25, -0.2) is 8.78 Å². The number of nitrogen functional groups attached to an aromatic ring is 1. The molecule has 0 radical (unpaired) electrons. The first-order valence-electron chi connectivity index (χ1n) is 3.04. The highest BCUT2D eigenvalue weighted by molar-refractivity contribution is 7.86. The first-order chi connectivity index (χ1) is 5.82. The normalized spacial score (nSPS) is 11.6. The standard InChI is InChI=1S/C6H5F2NO3S/c7-3-1-5(9)6(2-4(3)8)13(10,11)12/h1-2H,9H2,(H,10,11,12). The summed E-state index contributed by atoms with van der Waals surface area (Å²) in [6.45, 7) is 0. The molecular formula is C6H5F2NO3S. The van der Waals surface area contributed by atoms with Gasteiger partial charge in [0.25, 0.3) is 10.1 Å². The summed E-state index contributed by atoms with van der Waals surface area (Å²) < 4.78 is 54.4. The van der Waals surface area contributed by atoms with E-state index in [9.17, 15) is 17.2 Å². The highest BCUT2D eigenvalue weighted by Gasteiger charge is 2.17. The van der Waals surface area contributed by atoms with Crippen molar-refractivity contribution in [2.75, 3.05) is 5.73 Å². The first kappa shape index (κ1) is 9.87. The highest BCUT2D eigenvalue weighted by atomic mass is 32.2. The summed E-state index contributed by atoms with van der Waals surface area (Å²) >= 11 is 0. The SMILES string of the molecule is Nc1cc(F)c(F)cc1S(=O)(=O)O. The Labute approximate surface area is 72.7 Å². The van der Waals surface area contributed by atoms with Gasteiger partial charge in [0.05, 0.1) is 5.69 Å². The number of nitrogens with two attached hydrogens (primary N) is 1. The van der Waals surface area contributed by atoms with Crippen LogP contribution < -0.4 is 5.73 Å². The number of benzene rings is 1. The molecule has 0 heterocycles. The molecule has 0 aromatic heterocycles. The van der Waals surface area contributed by atoms with Crippen LogP contribution in [0.4, 0.5) is 14.5 Å². The van der Waals surface area contributed by atoms with E-state index in [1.165, 1.54) is 0 Å². The minimum atomic E-state index is -4.60. The van der Waals surface area contributed by atoms with Crippen molar-refractivity contribution < 1.29 is 21.8 Å². The summed E-state index contributed by atoms with van der Waals surface area (Å²) in [6.07, 6.45) is 0. The molecule has 0 amide bonds. The zero-order valence-corrected chi connectivity index (χ0v) is 6.98. The summed E-state index contributed by atoms with van der Waals surface area (Å²) in [7, 11) is -4.60. The van der Waals surface area contributed by atoms with Gasteiger partial charge >= 0.3 is 0 Å². The Hall–Kier alpha value is -1.21. The van der Waals surface area contributed by atoms with E-state index < -0.39 is 32.3 Å². The van der Waals surface area contributed by atoms with E-state index in [0.29, 0.717) is 12.1 Å². The Morgan fingerprint density at radius 2 is 1.69 bits per heavy atom. The fourth-order valence-corrected chi connectivity index (χ4v) is 1.38. The molecule has 4 nitrogen and oxygen atoms in total. The zero-order valence-electron chi connectivity index (χ0n) is 6.16. The van der Waals surface area contributed by atoms with E-state index in [2.05, 4.69) is 0 Å². The van der Waals surface area contributed by atoms with Crippen LogP contribution >= 0.6 is 0 Å². The van der Waals surface area contributed by atoms with Crippen LogP contribution in [0.2, 0.25) is 0 Å². The van der Waals surface area contributed by atoms with Crippen molar-refractivity contribution in [1.82, 2.24) is 0 Å². The van der Waals surface area contributed by atoms with Crippen LogP contribution in [0.5, 0.6) is 0 Å². The maximum atomic E-state index is 12.5. The maximum Gasteiger partial charge on any atom is 0.296 e. The summed E-state index contributed by atoms with van der Waals surface area (Å²) in [5.41, 5.74) is 4.49. The lowest BCUT2D eigenvalue weighted by Crippen LogP contribution is -2.04. The van der Waals surface area contributed by atoms with Gasteiger partial charge < -0.3 is 5.73 Å². The van der Waals surface area contributed by atoms with Crippen LogP contribution in [0.3, 0.4) is 0 Å². The highest BCUT2D eigenvalue weighted by Crippen LogP contribution is 2.21. The quantitative estimate of drug-likeness (QED) is 0.529.